The van der Waals surface area contributed by atoms with Gasteiger partial charge >= 0.3 is 0 Å². The summed E-state index contributed by atoms with van der Waals surface area (Å²) in [6.45, 7) is 4.57. The fourth-order valence-corrected chi connectivity index (χ4v) is 6.85. The lowest BCUT2D eigenvalue weighted by molar-refractivity contribution is -0.135. The molecule has 7 nitrogen and oxygen atoms in total. The van der Waals surface area contributed by atoms with Crippen LogP contribution in [0.25, 0.3) is 0 Å². The van der Waals surface area contributed by atoms with Gasteiger partial charge in [0.25, 0.3) is 0 Å². The molecule has 1 N–H and O–H groups in total. The van der Waals surface area contributed by atoms with Gasteiger partial charge in [-0.3, -0.25) is 19.3 Å². The highest BCUT2D eigenvalue weighted by molar-refractivity contribution is 6.32. The van der Waals surface area contributed by atoms with Gasteiger partial charge in [0.1, 0.15) is 11.3 Å². The van der Waals surface area contributed by atoms with Gasteiger partial charge in [0.05, 0.1) is 24.6 Å². The van der Waals surface area contributed by atoms with Gasteiger partial charge in [-0.15, -0.1) is 0 Å². The molecule has 0 bridgehead atoms. The van der Waals surface area contributed by atoms with Crippen LogP contribution in [0.2, 0.25) is 5.02 Å². The van der Waals surface area contributed by atoms with Crippen LogP contribution in [-0.2, 0) is 26.3 Å². The van der Waals surface area contributed by atoms with E-state index in [9.17, 15) is 14.4 Å². The average Bonchev–Trinajstić information content (AvgIpc) is 3.53. The highest BCUT2D eigenvalue weighted by Gasteiger charge is 2.74. The van der Waals surface area contributed by atoms with E-state index in [0.717, 1.165) is 41.6 Å². The van der Waals surface area contributed by atoms with Gasteiger partial charge in [-0.05, 0) is 56.0 Å². The first-order valence-electron chi connectivity index (χ1n) is 11.8. The fourth-order valence-electron chi connectivity index (χ4n) is 6.69. The van der Waals surface area contributed by atoms with E-state index in [1.807, 2.05) is 25.1 Å². The van der Waals surface area contributed by atoms with Crippen LogP contribution in [0.15, 0.2) is 30.3 Å². The molecule has 3 amide bonds. The summed E-state index contributed by atoms with van der Waals surface area (Å²) in [5.41, 5.74) is 2.59. The van der Waals surface area contributed by atoms with Gasteiger partial charge in [0.15, 0.2) is 0 Å². The molecule has 3 fully saturated rings. The van der Waals surface area contributed by atoms with Crippen molar-refractivity contribution in [3.8, 4) is 5.75 Å². The van der Waals surface area contributed by atoms with Crippen LogP contribution in [0.3, 0.4) is 0 Å². The molecule has 0 radical (unpaired) electrons. The van der Waals surface area contributed by atoms with Crippen LogP contribution in [0.1, 0.15) is 36.5 Å². The zero-order valence-electron chi connectivity index (χ0n) is 19.4. The second kappa shape index (κ2) is 7.30. The molecular formula is C26H26ClN3O4. The van der Waals surface area contributed by atoms with Crippen molar-refractivity contribution in [3.05, 3.63) is 52.0 Å². The molecule has 0 aromatic heterocycles. The number of methoxy groups -OCH3 is 1. The number of aryl methyl sites for hydroxylation is 2. The van der Waals surface area contributed by atoms with Crippen LogP contribution in [0, 0.1) is 18.8 Å². The SMILES string of the molecule is CCc1ccc2c(c1)C1(C(=O)N2)C2C(=O)N(c3cc(C)c(Cl)cc3OC)C(=O)C2C2CCCN21. The topological polar surface area (TPSA) is 79.0 Å². The van der Waals surface area contributed by atoms with Crippen molar-refractivity contribution in [2.45, 2.75) is 44.7 Å². The summed E-state index contributed by atoms with van der Waals surface area (Å²) in [5.74, 6) is -1.85. The van der Waals surface area contributed by atoms with Crippen LogP contribution in [0.5, 0.6) is 5.75 Å². The lowest BCUT2D eigenvalue weighted by atomic mass is 9.75. The van der Waals surface area contributed by atoms with Crippen molar-refractivity contribution in [1.82, 2.24) is 4.90 Å². The highest BCUT2D eigenvalue weighted by atomic mass is 35.5. The predicted octanol–water partition coefficient (Wildman–Crippen LogP) is 3.65. The minimum Gasteiger partial charge on any atom is -0.495 e. The van der Waals surface area contributed by atoms with E-state index in [1.54, 1.807) is 12.1 Å². The van der Waals surface area contributed by atoms with Gasteiger partial charge in [-0.1, -0.05) is 30.7 Å². The first-order valence-corrected chi connectivity index (χ1v) is 12.2. The molecule has 4 unspecified atom stereocenters. The van der Waals surface area contributed by atoms with Crippen molar-refractivity contribution in [1.29, 1.82) is 0 Å². The summed E-state index contributed by atoms with van der Waals surface area (Å²) in [6, 6.07) is 9.15. The molecular weight excluding hydrogens is 454 g/mol. The van der Waals surface area contributed by atoms with E-state index in [2.05, 4.69) is 17.1 Å². The second-order valence-corrected chi connectivity index (χ2v) is 10.1. The lowest BCUT2D eigenvalue weighted by Gasteiger charge is -2.37. The van der Waals surface area contributed by atoms with E-state index in [-0.39, 0.29) is 23.8 Å². The smallest absolute Gasteiger partial charge is 0.250 e. The molecule has 4 aliphatic rings. The summed E-state index contributed by atoms with van der Waals surface area (Å²) in [7, 11) is 1.49. The Bertz CT molecular complexity index is 1280. The Labute approximate surface area is 203 Å². The number of carbonyl (C=O) groups is 3. The number of fused-ring (bicyclic) bond motifs is 7. The largest absolute Gasteiger partial charge is 0.495 e. The second-order valence-electron chi connectivity index (χ2n) is 9.65. The van der Waals surface area contributed by atoms with Crippen LogP contribution in [-0.4, -0.2) is 42.3 Å². The molecule has 1 spiro atoms. The van der Waals surface area contributed by atoms with Gasteiger partial charge < -0.3 is 10.1 Å². The van der Waals surface area contributed by atoms with E-state index < -0.39 is 17.4 Å². The zero-order valence-corrected chi connectivity index (χ0v) is 20.1. The van der Waals surface area contributed by atoms with Gasteiger partial charge in [0.2, 0.25) is 17.7 Å². The van der Waals surface area contributed by atoms with Gasteiger partial charge in [-0.2, -0.15) is 0 Å². The van der Waals surface area contributed by atoms with E-state index in [4.69, 9.17) is 16.3 Å². The maximum atomic E-state index is 14.2. The third kappa shape index (κ3) is 2.49. The molecule has 0 aliphatic carbocycles. The number of anilines is 2. The first kappa shape index (κ1) is 21.6. The number of benzene rings is 2. The number of halogens is 1. The van der Waals surface area contributed by atoms with Crippen LogP contribution in [0.4, 0.5) is 11.4 Å². The maximum absolute atomic E-state index is 14.2. The van der Waals surface area contributed by atoms with Gasteiger partial charge in [-0.25, -0.2) is 4.90 Å². The Kier molecular flexibility index (Phi) is 4.64. The number of nitrogens with one attached hydrogen (secondary N) is 1. The quantitative estimate of drug-likeness (QED) is 0.680. The van der Waals surface area contributed by atoms with Crippen molar-refractivity contribution in [2.24, 2.45) is 11.8 Å². The third-order valence-electron chi connectivity index (χ3n) is 8.17. The molecule has 8 heteroatoms. The molecule has 3 saturated heterocycles. The number of amides is 3. The maximum Gasteiger partial charge on any atom is 0.250 e. The first-order chi connectivity index (χ1) is 16.3. The summed E-state index contributed by atoms with van der Waals surface area (Å²) >= 11 is 6.29. The molecule has 0 saturated carbocycles. The number of ether oxygens (including phenoxy) is 1. The molecule has 4 heterocycles. The van der Waals surface area contributed by atoms with E-state index in [1.165, 1.54) is 12.0 Å². The minimum atomic E-state index is -1.18. The Balaban J connectivity index is 1.56. The van der Waals surface area contributed by atoms with Crippen molar-refractivity contribution < 1.29 is 19.1 Å². The van der Waals surface area contributed by atoms with Gasteiger partial charge in [0, 0.05) is 28.4 Å². The van der Waals surface area contributed by atoms with E-state index in [0.29, 0.717) is 23.0 Å². The summed E-state index contributed by atoms with van der Waals surface area (Å²) in [5, 5.41) is 3.53. The molecule has 2 aromatic carbocycles. The number of carbonyl (C=O) groups excluding carboxylic acids is 3. The Morgan fingerprint density at radius 3 is 2.71 bits per heavy atom. The zero-order chi connectivity index (χ0) is 23.9. The molecule has 4 aliphatic heterocycles. The van der Waals surface area contributed by atoms with Crippen molar-refractivity contribution in [2.75, 3.05) is 23.9 Å². The Morgan fingerprint density at radius 2 is 1.97 bits per heavy atom. The van der Waals surface area contributed by atoms with Crippen molar-refractivity contribution in [3.63, 3.8) is 0 Å². The molecule has 2 aromatic rings. The third-order valence-corrected chi connectivity index (χ3v) is 8.57. The summed E-state index contributed by atoms with van der Waals surface area (Å²) < 4.78 is 5.50. The number of hydrogen-bond acceptors (Lipinski definition) is 5. The van der Waals surface area contributed by atoms with Crippen LogP contribution >= 0.6 is 11.6 Å². The summed E-state index contributed by atoms with van der Waals surface area (Å²) in [6.07, 6.45) is 2.48. The lowest BCUT2D eigenvalue weighted by Crippen LogP contribution is -2.54. The van der Waals surface area contributed by atoms with Crippen molar-refractivity contribution >= 4 is 40.7 Å². The highest BCUT2D eigenvalue weighted by Crippen LogP contribution is 2.61. The number of nitrogens with zero attached hydrogens (tertiary/aromatic N) is 2. The predicted molar refractivity (Wildman–Crippen MR) is 128 cm³/mol. The fraction of sp³-hybridized carbons (Fsp3) is 0.423. The normalized spacial score (nSPS) is 29.6. The number of rotatable bonds is 3. The average molecular weight is 480 g/mol. The Hall–Kier alpha value is -2.90. The number of imide groups is 1. The van der Waals surface area contributed by atoms with Crippen LogP contribution < -0.4 is 15.0 Å². The molecule has 34 heavy (non-hydrogen) atoms. The van der Waals surface area contributed by atoms with E-state index >= 15 is 0 Å². The number of hydrogen-bond donors (Lipinski definition) is 1. The monoisotopic (exact) mass is 479 g/mol. The summed E-state index contributed by atoms with van der Waals surface area (Å²) in [4.78, 5) is 45.3. The molecule has 6 rings (SSSR count). The molecule has 4 atom stereocenters. The Morgan fingerprint density at radius 1 is 1.18 bits per heavy atom. The minimum absolute atomic E-state index is 0.159. The molecule has 176 valence electrons. The standard InChI is InChI=1S/C26H26ClN3O4/c1-4-14-7-8-17-15(11-14)26(25(33)28-17)22-21(18-6-5-9-29(18)26)23(31)30(24(22)32)19-10-13(2)16(27)12-20(19)34-3/h7-8,10-12,18,21-22H,4-6,9H2,1-3H3,(H,28,33).